The second-order valence-electron chi connectivity index (χ2n) is 8.36. The molecule has 0 bridgehead atoms. The first-order chi connectivity index (χ1) is 18.7. The molecule has 208 valence electrons. The third kappa shape index (κ3) is 5.29. The van der Waals surface area contributed by atoms with Crippen LogP contribution in [-0.2, 0) is 22.7 Å². The molecule has 16 heteroatoms. The molecule has 1 aliphatic heterocycles. The van der Waals surface area contributed by atoms with Crippen LogP contribution in [0.1, 0.15) is 11.3 Å². The summed E-state index contributed by atoms with van der Waals surface area (Å²) in [5, 5.41) is 2.79. The fourth-order valence-corrected chi connectivity index (χ4v) is 5.51. The van der Waals surface area contributed by atoms with Crippen LogP contribution in [0.2, 0.25) is 0 Å². The number of nitrogens with one attached hydrogen (secondary N) is 1. The van der Waals surface area contributed by atoms with Crippen molar-refractivity contribution in [3.8, 4) is 17.0 Å². The van der Waals surface area contributed by atoms with Gasteiger partial charge in [-0.05, 0) is 42.5 Å². The Morgan fingerprint density at radius 2 is 1.65 bits per heavy atom. The molecule has 3 heterocycles. The van der Waals surface area contributed by atoms with Crippen LogP contribution in [0.4, 0.5) is 49.5 Å². The van der Waals surface area contributed by atoms with Gasteiger partial charge in [0.1, 0.15) is 17.3 Å². The topological polar surface area (TPSA) is 123 Å². The lowest BCUT2D eigenvalue weighted by atomic mass is 10.1. The van der Waals surface area contributed by atoms with Gasteiger partial charge in [-0.3, -0.25) is 4.31 Å². The molecular weight excluding hydrogens is 566 g/mol. The third-order valence-electron chi connectivity index (χ3n) is 5.72. The Morgan fingerprint density at radius 3 is 2.30 bits per heavy atom. The van der Waals surface area contributed by atoms with Gasteiger partial charge in [0.05, 0.1) is 28.5 Å². The normalized spacial score (nSPS) is 13.6. The summed E-state index contributed by atoms with van der Waals surface area (Å²) in [6, 6.07) is 11.3. The van der Waals surface area contributed by atoms with Crippen molar-refractivity contribution >= 4 is 33.2 Å². The van der Waals surface area contributed by atoms with E-state index < -0.39 is 45.4 Å². The number of benzene rings is 2. The summed E-state index contributed by atoms with van der Waals surface area (Å²) in [4.78, 5) is 11.2. The lowest BCUT2D eigenvalue weighted by Gasteiger charge is -2.26. The van der Waals surface area contributed by atoms with Gasteiger partial charge in [0.15, 0.2) is 0 Å². The van der Waals surface area contributed by atoms with Crippen LogP contribution in [0.5, 0.6) is 5.75 Å². The molecule has 0 amide bonds. The number of anilines is 4. The summed E-state index contributed by atoms with van der Waals surface area (Å²) in [6.45, 7) is -0.485. The maximum atomic E-state index is 14.0. The molecule has 1 aliphatic rings. The summed E-state index contributed by atoms with van der Waals surface area (Å²) in [7, 11) is -4.55. The molecule has 0 unspecified atom stereocenters. The molecule has 0 atom stereocenters. The zero-order chi connectivity index (χ0) is 28.9. The minimum absolute atomic E-state index is 0.0113. The molecular formula is C24H16F6N6O3S. The van der Waals surface area contributed by atoms with Gasteiger partial charge in [0.25, 0.3) is 10.0 Å². The number of ether oxygens (including phenoxy) is 1. The summed E-state index contributed by atoms with van der Waals surface area (Å²) in [6.07, 6.45) is -8.42. The van der Waals surface area contributed by atoms with Crippen molar-refractivity contribution in [3.05, 3.63) is 78.1 Å². The number of hydrogen-bond donors (Lipinski definition) is 2. The lowest BCUT2D eigenvalue weighted by Crippen LogP contribution is -2.31. The highest BCUT2D eigenvalue weighted by Gasteiger charge is 2.37. The molecule has 9 nitrogen and oxygen atoms in total. The highest BCUT2D eigenvalue weighted by Crippen LogP contribution is 2.44. The quantitative estimate of drug-likeness (QED) is 0.303. The molecule has 0 spiro atoms. The number of pyridine rings is 1. The highest BCUT2D eigenvalue weighted by molar-refractivity contribution is 7.92. The van der Waals surface area contributed by atoms with Gasteiger partial charge < -0.3 is 15.8 Å². The molecule has 40 heavy (non-hydrogen) atoms. The van der Waals surface area contributed by atoms with E-state index in [9.17, 15) is 34.8 Å². The van der Waals surface area contributed by atoms with Crippen LogP contribution >= 0.6 is 0 Å². The number of hydrogen-bond acceptors (Lipinski definition) is 8. The number of nitrogen functional groups attached to an aromatic ring is 1. The van der Waals surface area contributed by atoms with E-state index in [1.54, 1.807) is 0 Å². The van der Waals surface area contributed by atoms with Gasteiger partial charge in [-0.25, -0.2) is 23.4 Å². The van der Waals surface area contributed by atoms with Crippen molar-refractivity contribution in [2.24, 2.45) is 0 Å². The van der Waals surface area contributed by atoms with Crippen molar-refractivity contribution in [2.45, 2.75) is 24.0 Å². The number of para-hydroxylation sites is 1. The Kier molecular flexibility index (Phi) is 6.44. The minimum Gasteiger partial charge on any atom is -0.406 e. The first-order valence-corrected chi connectivity index (χ1v) is 12.6. The predicted octanol–water partition coefficient (Wildman–Crippen LogP) is 5.49. The van der Waals surface area contributed by atoms with Gasteiger partial charge in [-0.1, -0.05) is 18.2 Å². The molecule has 3 N–H and O–H groups in total. The molecule has 4 aromatic rings. The van der Waals surface area contributed by atoms with Gasteiger partial charge in [-0.2, -0.15) is 13.2 Å². The minimum atomic E-state index is -4.99. The number of fused-ring (bicyclic) bond motifs is 2. The molecule has 5 rings (SSSR count). The average molecular weight is 582 g/mol. The summed E-state index contributed by atoms with van der Waals surface area (Å²) in [5.41, 5.74) is 5.11. The monoisotopic (exact) mass is 582 g/mol. The first kappa shape index (κ1) is 27.0. The molecule has 0 saturated carbocycles. The van der Waals surface area contributed by atoms with Crippen molar-refractivity contribution < 1.29 is 39.5 Å². The number of sulfonamides is 1. The van der Waals surface area contributed by atoms with Gasteiger partial charge in [0.2, 0.25) is 5.95 Å². The number of nitrogens with two attached hydrogens (primary N) is 1. The SMILES string of the molecule is Nc1nccc(-c2cccc3c2N(S(=O)(=O)c2ccc(OC(F)(F)F)cc2)Cc2ccc(C(F)(F)F)nc2N3)n1. The fraction of sp³-hybridized carbons (Fsp3) is 0.125. The zero-order valence-electron chi connectivity index (χ0n) is 19.8. The Bertz CT molecular complexity index is 1700. The van der Waals surface area contributed by atoms with E-state index >= 15 is 0 Å². The van der Waals surface area contributed by atoms with E-state index in [2.05, 4.69) is 25.0 Å². The lowest BCUT2D eigenvalue weighted by molar-refractivity contribution is -0.274. The average Bonchev–Trinajstić information content (AvgIpc) is 3.04. The number of aromatic nitrogens is 3. The number of alkyl halides is 6. The summed E-state index contributed by atoms with van der Waals surface area (Å²) >= 11 is 0. The Balaban J connectivity index is 1.69. The fourth-order valence-electron chi connectivity index (χ4n) is 4.03. The van der Waals surface area contributed by atoms with E-state index in [0.29, 0.717) is 0 Å². The van der Waals surface area contributed by atoms with E-state index in [0.717, 1.165) is 40.7 Å². The van der Waals surface area contributed by atoms with Crippen LogP contribution in [0.25, 0.3) is 11.3 Å². The van der Waals surface area contributed by atoms with Crippen LogP contribution in [0.3, 0.4) is 0 Å². The van der Waals surface area contributed by atoms with Crippen LogP contribution in [-0.4, -0.2) is 29.7 Å². The van der Waals surface area contributed by atoms with E-state index in [4.69, 9.17) is 5.73 Å². The van der Waals surface area contributed by atoms with E-state index in [-0.39, 0.29) is 40.0 Å². The van der Waals surface area contributed by atoms with Crippen LogP contribution in [0, 0.1) is 0 Å². The molecule has 0 aliphatic carbocycles. The van der Waals surface area contributed by atoms with Crippen molar-refractivity contribution in [1.82, 2.24) is 15.0 Å². The zero-order valence-corrected chi connectivity index (χ0v) is 20.6. The van der Waals surface area contributed by atoms with Gasteiger partial charge >= 0.3 is 12.5 Å². The Hall–Kier alpha value is -4.60. The second kappa shape index (κ2) is 9.55. The highest BCUT2D eigenvalue weighted by atomic mass is 32.2. The molecule has 0 fully saturated rings. The Labute approximate surface area is 222 Å². The van der Waals surface area contributed by atoms with Gasteiger partial charge in [0, 0.05) is 17.3 Å². The number of nitrogens with zero attached hydrogens (tertiary/aromatic N) is 4. The van der Waals surface area contributed by atoms with Crippen LogP contribution in [0.15, 0.2) is 71.8 Å². The maximum Gasteiger partial charge on any atom is 0.573 e. The van der Waals surface area contributed by atoms with Crippen molar-refractivity contribution in [3.63, 3.8) is 0 Å². The second-order valence-corrected chi connectivity index (χ2v) is 10.2. The molecule has 2 aromatic carbocycles. The van der Waals surface area contributed by atoms with E-state index in [1.807, 2.05) is 0 Å². The number of halogens is 6. The molecule has 0 saturated heterocycles. The summed E-state index contributed by atoms with van der Waals surface area (Å²) < 4.78 is 111. The maximum absolute atomic E-state index is 14.0. The summed E-state index contributed by atoms with van der Waals surface area (Å²) in [5.74, 6) is -0.996. The smallest absolute Gasteiger partial charge is 0.406 e. The van der Waals surface area contributed by atoms with Crippen molar-refractivity contribution in [1.29, 1.82) is 0 Å². The first-order valence-electron chi connectivity index (χ1n) is 11.2. The standard InChI is InChI=1S/C24H16F6N6O3S/c25-23(26,27)19-9-4-13-12-36(40(37,38)15-7-5-14(6-8-15)39-24(28,29)30)20-16(17-10-11-32-22(31)34-17)2-1-3-18(20)33-21(13)35-19/h1-11H,12H2,(H,33,35)(H2,31,32,34). The Morgan fingerprint density at radius 1 is 0.925 bits per heavy atom. The molecule has 0 radical (unpaired) electrons. The molecule has 2 aromatic heterocycles. The largest absolute Gasteiger partial charge is 0.573 e. The number of rotatable bonds is 4. The predicted molar refractivity (Wildman–Crippen MR) is 131 cm³/mol. The van der Waals surface area contributed by atoms with Gasteiger partial charge in [-0.15, -0.1) is 13.2 Å². The third-order valence-corrected chi connectivity index (χ3v) is 7.48. The van der Waals surface area contributed by atoms with Crippen molar-refractivity contribution in [2.75, 3.05) is 15.4 Å². The van der Waals surface area contributed by atoms with E-state index in [1.165, 1.54) is 30.5 Å². The van der Waals surface area contributed by atoms with Crippen LogP contribution < -0.4 is 20.1 Å².